The summed E-state index contributed by atoms with van der Waals surface area (Å²) in [7, 11) is 0. The maximum Gasteiger partial charge on any atom is 0.311 e. The first-order valence-electron chi connectivity index (χ1n) is 5.55. The van der Waals surface area contributed by atoms with Gasteiger partial charge in [0.05, 0.1) is 17.2 Å². The van der Waals surface area contributed by atoms with Crippen LogP contribution in [0.1, 0.15) is 27.7 Å². The Balaban J connectivity index is 2.71. The summed E-state index contributed by atoms with van der Waals surface area (Å²) in [5, 5.41) is 19.1. The molecule has 7 heteroatoms. The molecule has 0 aliphatic rings. The lowest BCUT2D eigenvalue weighted by molar-refractivity contribution is -0.151. The number of carboxylic acids is 1. The van der Waals surface area contributed by atoms with E-state index in [0.29, 0.717) is 0 Å². The number of aromatic nitrogens is 3. The quantitative estimate of drug-likeness (QED) is 0.786. The van der Waals surface area contributed by atoms with Crippen LogP contribution in [-0.4, -0.2) is 37.5 Å². The number of hydrogen-bond donors (Lipinski definition) is 2. The number of rotatable bonds is 5. The van der Waals surface area contributed by atoms with Crippen LogP contribution in [0, 0.1) is 5.41 Å². The van der Waals surface area contributed by atoms with Crippen LogP contribution in [0.25, 0.3) is 0 Å². The zero-order valence-corrected chi connectivity index (χ0v) is 11.0. The summed E-state index contributed by atoms with van der Waals surface area (Å²) in [5.74, 6) is -1.27. The molecule has 0 bridgehead atoms. The average Bonchev–Trinajstić information content (AvgIpc) is 2.68. The van der Waals surface area contributed by atoms with Gasteiger partial charge in [-0.25, -0.2) is 4.68 Å². The second-order valence-electron chi connectivity index (χ2n) is 5.20. The van der Waals surface area contributed by atoms with Crippen molar-refractivity contribution in [3.8, 4) is 0 Å². The van der Waals surface area contributed by atoms with Gasteiger partial charge in [0.15, 0.2) is 0 Å². The fourth-order valence-electron chi connectivity index (χ4n) is 1.28. The number of aliphatic carboxylic acids is 1. The van der Waals surface area contributed by atoms with Crippen LogP contribution in [0.3, 0.4) is 0 Å². The molecule has 0 saturated heterocycles. The van der Waals surface area contributed by atoms with Crippen molar-refractivity contribution in [1.82, 2.24) is 20.3 Å². The van der Waals surface area contributed by atoms with Gasteiger partial charge in [-0.15, -0.1) is 5.10 Å². The highest BCUT2D eigenvalue weighted by Crippen LogP contribution is 2.30. The molecule has 18 heavy (non-hydrogen) atoms. The van der Waals surface area contributed by atoms with Crippen molar-refractivity contribution in [3.05, 3.63) is 12.4 Å². The van der Waals surface area contributed by atoms with Crippen molar-refractivity contribution in [2.45, 2.75) is 39.8 Å². The van der Waals surface area contributed by atoms with Gasteiger partial charge in [-0.2, -0.15) is 0 Å². The first-order chi connectivity index (χ1) is 8.17. The predicted molar refractivity (Wildman–Crippen MR) is 63.7 cm³/mol. The summed E-state index contributed by atoms with van der Waals surface area (Å²) in [6.07, 6.45) is 3.04. The SMILES string of the molecule is CC(C)(NC(=O)Cn1ccnn1)C(C)(C)C(=O)O. The monoisotopic (exact) mass is 254 g/mol. The Labute approximate surface area is 105 Å². The molecule has 100 valence electrons. The van der Waals surface area contributed by atoms with E-state index in [1.54, 1.807) is 33.9 Å². The third-order valence-corrected chi connectivity index (χ3v) is 3.33. The molecule has 2 N–H and O–H groups in total. The second kappa shape index (κ2) is 4.75. The summed E-state index contributed by atoms with van der Waals surface area (Å²) in [4.78, 5) is 23.0. The van der Waals surface area contributed by atoms with Crippen LogP contribution in [0.5, 0.6) is 0 Å². The van der Waals surface area contributed by atoms with Gasteiger partial charge in [-0.3, -0.25) is 9.59 Å². The van der Waals surface area contributed by atoms with E-state index < -0.39 is 16.9 Å². The Morgan fingerprint density at radius 3 is 2.39 bits per heavy atom. The molecule has 7 nitrogen and oxygen atoms in total. The third kappa shape index (κ3) is 2.85. The number of hydrogen-bond acceptors (Lipinski definition) is 4. The molecular formula is C11H18N4O3. The first-order valence-corrected chi connectivity index (χ1v) is 5.55. The summed E-state index contributed by atoms with van der Waals surface area (Å²) in [6, 6.07) is 0. The van der Waals surface area contributed by atoms with Gasteiger partial charge in [0.1, 0.15) is 6.54 Å². The standard InChI is InChI=1S/C11H18N4O3/c1-10(2,9(17)18)11(3,4)13-8(16)7-15-6-5-12-14-15/h5-6H,7H2,1-4H3,(H,13,16)(H,17,18). The molecule has 0 fully saturated rings. The highest BCUT2D eigenvalue weighted by atomic mass is 16.4. The van der Waals surface area contributed by atoms with E-state index in [4.69, 9.17) is 5.11 Å². The number of nitrogens with zero attached hydrogens (tertiary/aromatic N) is 3. The maximum absolute atomic E-state index is 11.8. The summed E-state index contributed by atoms with van der Waals surface area (Å²) in [6.45, 7) is 6.52. The molecule has 0 atom stereocenters. The minimum atomic E-state index is -1.08. The maximum atomic E-state index is 11.8. The normalized spacial score (nSPS) is 12.2. The van der Waals surface area contributed by atoms with E-state index in [2.05, 4.69) is 15.6 Å². The van der Waals surface area contributed by atoms with E-state index in [9.17, 15) is 9.59 Å². The van der Waals surface area contributed by atoms with Crippen LogP contribution >= 0.6 is 0 Å². The van der Waals surface area contributed by atoms with Crippen molar-refractivity contribution in [2.75, 3.05) is 0 Å². The van der Waals surface area contributed by atoms with Crippen LogP contribution in [0.15, 0.2) is 12.4 Å². The second-order valence-corrected chi connectivity index (χ2v) is 5.20. The van der Waals surface area contributed by atoms with Gasteiger partial charge in [0.25, 0.3) is 0 Å². The largest absolute Gasteiger partial charge is 0.481 e. The first kappa shape index (κ1) is 14.1. The highest BCUT2D eigenvalue weighted by Gasteiger charge is 2.44. The predicted octanol–water partition coefficient (Wildman–Crippen LogP) is 0.284. The Bertz CT molecular complexity index is 437. The van der Waals surface area contributed by atoms with Crippen LogP contribution < -0.4 is 5.32 Å². The Morgan fingerprint density at radius 1 is 1.33 bits per heavy atom. The van der Waals surface area contributed by atoms with Gasteiger partial charge in [-0.05, 0) is 27.7 Å². The van der Waals surface area contributed by atoms with Gasteiger partial charge in [0.2, 0.25) is 5.91 Å². The molecule has 0 radical (unpaired) electrons. The van der Waals surface area contributed by atoms with Gasteiger partial charge in [-0.1, -0.05) is 5.21 Å². The molecular weight excluding hydrogens is 236 g/mol. The molecule has 1 amide bonds. The van der Waals surface area contributed by atoms with Crippen molar-refractivity contribution < 1.29 is 14.7 Å². The molecule has 0 unspecified atom stereocenters. The van der Waals surface area contributed by atoms with Crippen molar-refractivity contribution >= 4 is 11.9 Å². The molecule has 0 aromatic carbocycles. The van der Waals surface area contributed by atoms with Crippen LogP contribution in [-0.2, 0) is 16.1 Å². The van der Waals surface area contributed by atoms with E-state index in [1.165, 1.54) is 10.9 Å². The number of nitrogens with one attached hydrogen (secondary N) is 1. The van der Waals surface area contributed by atoms with Crippen LogP contribution in [0.2, 0.25) is 0 Å². The molecule has 1 heterocycles. The highest BCUT2D eigenvalue weighted by molar-refractivity contribution is 5.80. The zero-order valence-electron chi connectivity index (χ0n) is 11.0. The molecule has 0 spiro atoms. The van der Waals surface area contributed by atoms with Gasteiger partial charge >= 0.3 is 5.97 Å². The number of carbonyl (C=O) groups is 2. The van der Waals surface area contributed by atoms with Gasteiger partial charge < -0.3 is 10.4 Å². The summed E-state index contributed by atoms with van der Waals surface area (Å²) >= 11 is 0. The summed E-state index contributed by atoms with van der Waals surface area (Å²) < 4.78 is 1.37. The molecule has 1 aromatic rings. The van der Waals surface area contributed by atoms with E-state index in [-0.39, 0.29) is 12.5 Å². The number of carbonyl (C=O) groups excluding carboxylic acids is 1. The summed E-state index contributed by atoms with van der Waals surface area (Å²) in [5.41, 5.74) is -1.96. The van der Waals surface area contributed by atoms with Gasteiger partial charge in [0, 0.05) is 6.20 Å². The molecule has 0 aliphatic heterocycles. The zero-order chi connectivity index (χ0) is 14.0. The number of amides is 1. The fourth-order valence-corrected chi connectivity index (χ4v) is 1.28. The van der Waals surface area contributed by atoms with E-state index in [1.807, 2.05) is 0 Å². The lowest BCUT2D eigenvalue weighted by Gasteiger charge is -2.38. The lowest BCUT2D eigenvalue weighted by Crippen LogP contribution is -2.57. The minimum Gasteiger partial charge on any atom is -0.481 e. The van der Waals surface area contributed by atoms with Crippen LogP contribution in [0.4, 0.5) is 0 Å². The van der Waals surface area contributed by atoms with Crippen molar-refractivity contribution in [2.24, 2.45) is 5.41 Å². The average molecular weight is 254 g/mol. The number of carboxylic acid groups (broad SMARTS) is 1. The van der Waals surface area contributed by atoms with E-state index >= 15 is 0 Å². The molecule has 0 aliphatic carbocycles. The fraction of sp³-hybridized carbons (Fsp3) is 0.636. The topological polar surface area (TPSA) is 97.1 Å². The molecule has 1 rings (SSSR count). The molecule has 0 saturated carbocycles. The van der Waals surface area contributed by atoms with Crippen molar-refractivity contribution in [1.29, 1.82) is 0 Å². The van der Waals surface area contributed by atoms with Crippen molar-refractivity contribution in [3.63, 3.8) is 0 Å². The Morgan fingerprint density at radius 2 is 1.94 bits per heavy atom. The molecule has 1 aromatic heterocycles. The Kier molecular flexibility index (Phi) is 3.73. The third-order valence-electron chi connectivity index (χ3n) is 3.33. The minimum absolute atomic E-state index is 0.0130. The lowest BCUT2D eigenvalue weighted by atomic mass is 9.74. The Hall–Kier alpha value is -1.92. The smallest absolute Gasteiger partial charge is 0.311 e. The van der Waals surface area contributed by atoms with E-state index in [0.717, 1.165) is 0 Å².